The van der Waals surface area contributed by atoms with Gasteiger partial charge in [-0.25, -0.2) is 0 Å². The quantitative estimate of drug-likeness (QED) is 0.808. The molecule has 2 aromatic rings. The Morgan fingerprint density at radius 3 is 2.71 bits per heavy atom. The van der Waals surface area contributed by atoms with E-state index in [1.807, 2.05) is 53.4 Å². The monoisotopic (exact) mass is 297 g/mol. The molecule has 0 spiro atoms. The molecule has 106 valence electrons. The summed E-state index contributed by atoms with van der Waals surface area (Å²) in [5, 5.41) is 0.713. The van der Waals surface area contributed by atoms with Crippen LogP contribution < -0.4 is 4.90 Å². The summed E-state index contributed by atoms with van der Waals surface area (Å²) in [4.78, 5) is 13.8. The van der Waals surface area contributed by atoms with Crippen LogP contribution in [-0.2, 0) is 11.2 Å². The zero-order chi connectivity index (χ0) is 14.8. The number of carbonyl (C=O) groups is 1. The van der Waals surface area contributed by atoms with Crippen LogP contribution in [0.5, 0.6) is 0 Å². The summed E-state index contributed by atoms with van der Waals surface area (Å²) in [5.74, 6) is 0.0544. The van der Waals surface area contributed by atoms with E-state index in [1.165, 1.54) is 0 Å². The van der Waals surface area contributed by atoms with Crippen LogP contribution in [0.4, 0.5) is 5.69 Å². The van der Waals surface area contributed by atoms with Crippen molar-refractivity contribution in [2.45, 2.75) is 19.4 Å². The Balaban J connectivity index is 1.90. The number of carbonyl (C=O) groups excluding carboxylic acids is 1. The van der Waals surface area contributed by atoms with Gasteiger partial charge in [-0.15, -0.1) is 0 Å². The SMILES string of the molecule is CC(=O)N1c2ccc(Cl)cc2C[C@H]1/C=C/c1ccccc1. The molecule has 3 rings (SSSR count). The van der Waals surface area contributed by atoms with E-state index in [1.54, 1.807) is 6.92 Å². The van der Waals surface area contributed by atoms with Crippen molar-refractivity contribution in [3.63, 3.8) is 0 Å². The lowest BCUT2D eigenvalue weighted by Crippen LogP contribution is -2.34. The summed E-state index contributed by atoms with van der Waals surface area (Å²) in [6.45, 7) is 1.60. The Kier molecular flexibility index (Phi) is 3.80. The van der Waals surface area contributed by atoms with E-state index in [2.05, 4.69) is 12.2 Å². The molecule has 0 fully saturated rings. The molecule has 0 unspecified atom stereocenters. The molecular weight excluding hydrogens is 282 g/mol. The Bertz CT molecular complexity index is 694. The standard InChI is InChI=1S/C18H16ClNO/c1-13(21)20-17(9-7-14-5-3-2-4-6-14)12-15-11-16(19)8-10-18(15)20/h2-11,17H,12H2,1H3/b9-7+/t17-/m1/s1. The molecule has 1 aliphatic heterocycles. The molecule has 0 bridgehead atoms. The van der Waals surface area contributed by atoms with Gasteiger partial charge in [-0.05, 0) is 35.7 Å². The third-order valence-corrected chi connectivity index (χ3v) is 3.95. The summed E-state index contributed by atoms with van der Waals surface area (Å²) in [6, 6.07) is 15.9. The van der Waals surface area contributed by atoms with E-state index in [4.69, 9.17) is 11.6 Å². The number of nitrogens with zero attached hydrogens (tertiary/aromatic N) is 1. The largest absolute Gasteiger partial charge is 0.305 e. The number of fused-ring (bicyclic) bond motifs is 1. The summed E-state index contributed by atoms with van der Waals surface area (Å²) >= 11 is 6.05. The van der Waals surface area contributed by atoms with Gasteiger partial charge in [0.2, 0.25) is 5.91 Å². The van der Waals surface area contributed by atoms with Gasteiger partial charge in [-0.3, -0.25) is 4.79 Å². The molecular formula is C18H16ClNO. The first kappa shape index (κ1) is 13.9. The highest BCUT2D eigenvalue weighted by Gasteiger charge is 2.30. The second kappa shape index (κ2) is 5.74. The minimum absolute atomic E-state index is 0.0520. The van der Waals surface area contributed by atoms with E-state index in [0.29, 0.717) is 5.02 Å². The second-order valence-corrected chi connectivity index (χ2v) is 5.64. The van der Waals surface area contributed by atoms with Gasteiger partial charge in [0, 0.05) is 17.6 Å². The van der Waals surface area contributed by atoms with Crippen molar-refractivity contribution in [3.05, 3.63) is 70.8 Å². The van der Waals surface area contributed by atoms with Crippen LogP contribution in [0.25, 0.3) is 6.08 Å². The normalized spacial score (nSPS) is 17.2. The first-order chi connectivity index (χ1) is 10.1. The zero-order valence-corrected chi connectivity index (χ0v) is 12.5. The highest BCUT2D eigenvalue weighted by molar-refractivity contribution is 6.30. The molecule has 2 aromatic carbocycles. The molecule has 1 amide bonds. The third kappa shape index (κ3) is 2.86. The third-order valence-electron chi connectivity index (χ3n) is 3.71. The van der Waals surface area contributed by atoms with Crippen molar-refractivity contribution in [2.24, 2.45) is 0 Å². The minimum Gasteiger partial charge on any atom is -0.305 e. The van der Waals surface area contributed by atoms with Crippen LogP contribution in [-0.4, -0.2) is 11.9 Å². The van der Waals surface area contributed by atoms with Gasteiger partial charge in [0.1, 0.15) is 0 Å². The van der Waals surface area contributed by atoms with E-state index >= 15 is 0 Å². The van der Waals surface area contributed by atoms with Crippen LogP contribution in [0.15, 0.2) is 54.6 Å². The van der Waals surface area contributed by atoms with Gasteiger partial charge >= 0.3 is 0 Å². The molecule has 0 aliphatic carbocycles. The first-order valence-corrected chi connectivity index (χ1v) is 7.34. The van der Waals surface area contributed by atoms with Crippen molar-refractivity contribution in [1.29, 1.82) is 0 Å². The molecule has 0 radical (unpaired) electrons. The molecule has 2 nitrogen and oxygen atoms in total. The van der Waals surface area contributed by atoms with Gasteiger partial charge in [0.05, 0.1) is 6.04 Å². The van der Waals surface area contributed by atoms with E-state index in [9.17, 15) is 4.79 Å². The molecule has 1 aliphatic rings. The predicted molar refractivity (Wildman–Crippen MR) is 87.6 cm³/mol. The van der Waals surface area contributed by atoms with Crippen molar-refractivity contribution >= 4 is 29.3 Å². The van der Waals surface area contributed by atoms with Crippen LogP contribution >= 0.6 is 11.6 Å². The molecule has 0 saturated heterocycles. The number of rotatable bonds is 2. The van der Waals surface area contributed by atoms with Gasteiger partial charge in [-0.1, -0.05) is 54.1 Å². The highest BCUT2D eigenvalue weighted by atomic mass is 35.5. The van der Waals surface area contributed by atoms with Crippen molar-refractivity contribution in [3.8, 4) is 0 Å². The van der Waals surface area contributed by atoms with Crippen LogP contribution in [0.3, 0.4) is 0 Å². The fourth-order valence-corrected chi connectivity index (χ4v) is 2.99. The second-order valence-electron chi connectivity index (χ2n) is 5.20. The maximum atomic E-state index is 12.0. The maximum Gasteiger partial charge on any atom is 0.224 e. The molecule has 0 aromatic heterocycles. The van der Waals surface area contributed by atoms with E-state index in [-0.39, 0.29) is 11.9 Å². The first-order valence-electron chi connectivity index (χ1n) is 6.96. The van der Waals surface area contributed by atoms with Gasteiger partial charge in [0.15, 0.2) is 0 Å². The number of benzene rings is 2. The average Bonchev–Trinajstić information content (AvgIpc) is 2.83. The average molecular weight is 298 g/mol. The fraction of sp³-hybridized carbons (Fsp3) is 0.167. The number of halogens is 1. The number of anilines is 1. The maximum absolute atomic E-state index is 12.0. The molecule has 1 heterocycles. The Hall–Kier alpha value is -2.06. The number of hydrogen-bond donors (Lipinski definition) is 0. The molecule has 3 heteroatoms. The van der Waals surface area contributed by atoms with E-state index < -0.39 is 0 Å². The predicted octanol–water partition coefficient (Wildman–Crippen LogP) is 4.33. The lowest BCUT2D eigenvalue weighted by atomic mass is 10.1. The molecule has 0 N–H and O–H groups in total. The molecule has 21 heavy (non-hydrogen) atoms. The summed E-state index contributed by atoms with van der Waals surface area (Å²) in [5.41, 5.74) is 3.23. The Labute approximate surface area is 129 Å². The zero-order valence-electron chi connectivity index (χ0n) is 11.8. The topological polar surface area (TPSA) is 20.3 Å². The Morgan fingerprint density at radius 2 is 2.00 bits per heavy atom. The van der Waals surface area contributed by atoms with Crippen molar-refractivity contribution < 1.29 is 4.79 Å². The van der Waals surface area contributed by atoms with Crippen molar-refractivity contribution in [2.75, 3.05) is 4.90 Å². The highest BCUT2D eigenvalue weighted by Crippen LogP contribution is 2.34. The van der Waals surface area contributed by atoms with Gasteiger partial charge in [-0.2, -0.15) is 0 Å². The number of amides is 1. The molecule has 1 atom stereocenters. The van der Waals surface area contributed by atoms with Gasteiger partial charge in [0.25, 0.3) is 0 Å². The molecule has 0 saturated carbocycles. The van der Waals surface area contributed by atoms with Crippen LogP contribution in [0, 0.1) is 0 Å². The Morgan fingerprint density at radius 1 is 1.24 bits per heavy atom. The number of hydrogen-bond acceptors (Lipinski definition) is 1. The van der Waals surface area contributed by atoms with Crippen molar-refractivity contribution in [1.82, 2.24) is 0 Å². The summed E-state index contributed by atoms with van der Waals surface area (Å²) in [6.07, 6.45) is 4.96. The smallest absolute Gasteiger partial charge is 0.224 e. The lowest BCUT2D eigenvalue weighted by Gasteiger charge is -2.21. The summed E-state index contributed by atoms with van der Waals surface area (Å²) < 4.78 is 0. The lowest BCUT2D eigenvalue weighted by molar-refractivity contribution is -0.116. The van der Waals surface area contributed by atoms with Crippen LogP contribution in [0.2, 0.25) is 5.02 Å². The van der Waals surface area contributed by atoms with Crippen LogP contribution in [0.1, 0.15) is 18.1 Å². The fourth-order valence-electron chi connectivity index (χ4n) is 2.79. The van der Waals surface area contributed by atoms with Gasteiger partial charge < -0.3 is 4.90 Å². The van der Waals surface area contributed by atoms with E-state index in [0.717, 1.165) is 23.2 Å². The summed E-state index contributed by atoms with van der Waals surface area (Å²) in [7, 11) is 0. The minimum atomic E-state index is 0.0520.